The minimum atomic E-state index is 0.0877. The van der Waals surface area contributed by atoms with Crippen molar-refractivity contribution in [2.24, 2.45) is 0 Å². The van der Waals surface area contributed by atoms with Gasteiger partial charge >= 0.3 is 0 Å². The third-order valence-electron chi connectivity index (χ3n) is 2.24. The second-order valence-electron chi connectivity index (χ2n) is 3.27. The lowest BCUT2D eigenvalue weighted by Gasteiger charge is -2.19. The number of rotatable bonds is 1. The molecule has 1 unspecified atom stereocenters. The molecule has 1 N–H and O–H groups in total. The minimum Gasteiger partial charge on any atom is -0.384 e. The maximum absolute atomic E-state index is 11.2. The first kappa shape index (κ1) is 9.28. The Labute approximate surface area is 87.6 Å². The van der Waals surface area contributed by atoms with Crippen molar-refractivity contribution < 1.29 is 4.79 Å². The van der Waals surface area contributed by atoms with E-state index in [0.717, 1.165) is 5.56 Å². The molecule has 1 aliphatic heterocycles. The lowest BCUT2D eigenvalue weighted by molar-refractivity contribution is -0.115. The van der Waals surface area contributed by atoms with Gasteiger partial charge in [0.1, 0.15) is 0 Å². The van der Waals surface area contributed by atoms with Crippen LogP contribution < -0.4 is 5.32 Å². The zero-order valence-electron chi connectivity index (χ0n) is 7.53. The van der Waals surface area contributed by atoms with Crippen LogP contribution in [0.3, 0.4) is 0 Å². The molecule has 72 valence electrons. The molecule has 2 rings (SSSR count). The Bertz CT molecular complexity index is 369. The third-order valence-corrected chi connectivity index (χ3v) is 2.50. The van der Waals surface area contributed by atoms with Crippen molar-refractivity contribution in [3.8, 4) is 0 Å². The van der Waals surface area contributed by atoms with E-state index in [-0.39, 0.29) is 11.8 Å². The van der Waals surface area contributed by atoms with Crippen LogP contribution in [0.25, 0.3) is 0 Å². The van der Waals surface area contributed by atoms with Gasteiger partial charge < -0.3 is 5.32 Å². The van der Waals surface area contributed by atoms with E-state index in [2.05, 4.69) is 5.32 Å². The molecule has 1 aliphatic rings. The molecule has 0 radical (unpaired) electrons. The zero-order chi connectivity index (χ0) is 9.97. The molecule has 0 saturated heterocycles. The quantitative estimate of drug-likeness (QED) is 0.767. The third kappa shape index (κ3) is 1.96. The van der Waals surface area contributed by atoms with Gasteiger partial charge in [0.2, 0.25) is 0 Å². The highest BCUT2D eigenvalue weighted by atomic mass is 35.5. The van der Waals surface area contributed by atoms with Crippen molar-refractivity contribution in [2.75, 3.05) is 0 Å². The molecule has 0 amide bonds. The second kappa shape index (κ2) is 3.84. The van der Waals surface area contributed by atoms with Crippen LogP contribution in [0.15, 0.2) is 36.5 Å². The molecule has 0 aliphatic carbocycles. The molecular weight excluding hydrogens is 198 g/mol. The molecule has 0 spiro atoms. The van der Waals surface area contributed by atoms with Gasteiger partial charge in [0.25, 0.3) is 0 Å². The summed E-state index contributed by atoms with van der Waals surface area (Å²) in [6.45, 7) is 0. The Hall–Kier alpha value is -1.28. The summed E-state index contributed by atoms with van der Waals surface area (Å²) in [4.78, 5) is 11.2. The molecule has 0 saturated carbocycles. The molecule has 1 atom stereocenters. The Balaban J connectivity index is 2.19. The Morgan fingerprint density at radius 2 is 2.00 bits per heavy atom. The van der Waals surface area contributed by atoms with Crippen molar-refractivity contribution in [1.82, 2.24) is 5.32 Å². The van der Waals surface area contributed by atoms with Gasteiger partial charge in [-0.2, -0.15) is 0 Å². The van der Waals surface area contributed by atoms with Gasteiger partial charge in [-0.05, 0) is 23.8 Å². The zero-order valence-corrected chi connectivity index (χ0v) is 8.29. The maximum atomic E-state index is 11.2. The highest BCUT2D eigenvalue weighted by Crippen LogP contribution is 2.21. The van der Waals surface area contributed by atoms with Crippen molar-refractivity contribution in [1.29, 1.82) is 0 Å². The standard InChI is InChI=1S/C11H10ClNO/c12-9-3-1-8(2-4-9)11-7-10(14)5-6-13-11/h1-6,11,13H,7H2. The van der Waals surface area contributed by atoms with E-state index in [4.69, 9.17) is 11.6 Å². The van der Waals surface area contributed by atoms with Crippen LogP contribution in [0.5, 0.6) is 0 Å². The molecule has 0 aromatic heterocycles. The first-order chi connectivity index (χ1) is 6.75. The number of carbonyl (C=O) groups is 1. The van der Waals surface area contributed by atoms with E-state index in [1.165, 1.54) is 0 Å². The second-order valence-corrected chi connectivity index (χ2v) is 3.71. The summed E-state index contributed by atoms with van der Waals surface area (Å²) in [5, 5.41) is 3.86. The van der Waals surface area contributed by atoms with Crippen LogP contribution in [0.2, 0.25) is 5.02 Å². The average Bonchev–Trinajstić information content (AvgIpc) is 2.19. The number of allylic oxidation sites excluding steroid dienone is 1. The van der Waals surface area contributed by atoms with Gasteiger partial charge in [-0.15, -0.1) is 0 Å². The number of hydrogen-bond acceptors (Lipinski definition) is 2. The number of hydrogen-bond donors (Lipinski definition) is 1. The van der Waals surface area contributed by atoms with Gasteiger partial charge in [0, 0.05) is 17.6 Å². The van der Waals surface area contributed by atoms with Gasteiger partial charge in [-0.1, -0.05) is 23.7 Å². The van der Waals surface area contributed by atoms with Crippen molar-refractivity contribution >= 4 is 17.4 Å². The van der Waals surface area contributed by atoms with E-state index in [1.54, 1.807) is 12.3 Å². The topological polar surface area (TPSA) is 29.1 Å². The van der Waals surface area contributed by atoms with E-state index in [9.17, 15) is 4.79 Å². The smallest absolute Gasteiger partial charge is 0.159 e. The normalized spacial score (nSPS) is 20.6. The molecule has 0 fully saturated rings. The van der Waals surface area contributed by atoms with Crippen LogP contribution in [0.1, 0.15) is 18.0 Å². The fraction of sp³-hybridized carbons (Fsp3) is 0.182. The molecule has 1 heterocycles. The molecule has 1 aromatic carbocycles. The molecule has 1 aromatic rings. The molecule has 3 heteroatoms. The van der Waals surface area contributed by atoms with Gasteiger partial charge in [-0.25, -0.2) is 0 Å². The minimum absolute atomic E-state index is 0.0877. The van der Waals surface area contributed by atoms with Gasteiger partial charge in [0.15, 0.2) is 5.78 Å². The summed E-state index contributed by atoms with van der Waals surface area (Å²) in [6, 6.07) is 7.63. The summed E-state index contributed by atoms with van der Waals surface area (Å²) in [6.07, 6.45) is 3.77. The largest absolute Gasteiger partial charge is 0.384 e. The fourth-order valence-electron chi connectivity index (χ4n) is 1.49. The SMILES string of the molecule is O=C1C=CNC(c2ccc(Cl)cc2)C1. The van der Waals surface area contributed by atoms with Crippen molar-refractivity contribution in [2.45, 2.75) is 12.5 Å². The number of nitrogens with one attached hydrogen (secondary N) is 1. The Morgan fingerprint density at radius 3 is 2.64 bits per heavy atom. The van der Waals surface area contributed by atoms with Crippen LogP contribution in [-0.4, -0.2) is 5.78 Å². The van der Waals surface area contributed by atoms with Crippen LogP contribution in [-0.2, 0) is 4.79 Å². The summed E-state index contributed by atoms with van der Waals surface area (Å²) in [5.74, 6) is 0.156. The number of ketones is 1. The van der Waals surface area contributed by atoms with E-state index in [0.29, 0.717) is 11.4 Å². The summed E-state index contributed by atoms with van der Waals surface area (Å²) < 4.78 is 0. The Kier molecular flexibility index (Phi) is 2.55. The predicted octanol–water partition coefficient (Wildman–Crippen LogP) is 2.46. The highest BCUT2D eigenvalue weighted by molar-refractivity contribution is 6.30. The van der Waals surface area contributed by atoms with Gasteiger partial charge in [0.05, 0.1) is 6.04 Å². The molecular formula is C11H10ClNO. The summed E-state index contributed by atoms with van der Waals surface area (Å²) >= 11 is 5.78. The highest BCUT2D eigenvalue weighted by Gasteiger charge is 2.15. The number of benzene rings is 1. The molecule has 0 bridgehead atoms. The lowest BCUT2D eigenvalue weighted by atomic mass is 9.99. The van der Waals surface area contributed by atoms with Crippen molar-refractivity contribution in [3.05, 3.63) is 47.1 Å². The maximum Gasteiger partial charge on any atom is 0.159 e. The van der Waals surface area contributed by atoms with Crippen LogP contribution >= 0.6 is 11.6 Å². The lowest BCUT2D eigenvalue weighted by Crippen LogP contribution is -2.22. The summed E-state index contributed by atoms with van der Waals surface area (Å²) in [7, 11) is 0. The first-order valence-electron chi connectivity index (χ1n) is 4.46. The Morgan fingerprint density at radius 1 is 1.29 bits per heavy atom. The van der Waals surface area contributed by atoms with Crippen LogP contribution in [0, 0.1) is 0 Å². The van der Waals surface area contributed by atoms with Crippen LogP contribution in [0.4, 0.5) is 0 Å². The number of halogens is 1. The predicted molar refractivity (Wildman–Crippen MR) is 56.1 cm³/mol. The van der Waals surface area contributed by atoms with E-state index < -0.39 is 0 Å². The average molecular weight is 208 g/mol. The van der Waals surface area contributed by atoms with Gasteiger partial charge in [-0.3, -0.25) is 4.79 Å². The first-order valence-corrected chi connectivity index (χ1v) is 4.84. The number of carbonyl (C=O) groups excluding carboxylic acids is 1. The summed E-state index contributed by atoms with van der Waals surface area (Å²) in [5.41, 5.74) is 1.09. The molecule has 2 nitrogen and oxygen atoms in total. The monoisotopic (exact) mass is 207 g/mol. The van der Waals surface area contributed by atoms with E-state index in [1.807, 2.05) is 24.3 Å². The van der Waals surface area contributed by atoms with Crippen molar-refractivity contribution in [3.63, 3.8) is 0 Å². The molecule has 14 heavy (non-hydrogen) atoms. The fourth-order valence-corrected chi connectivity index (χ4v) is 1.62. The van der Waals surface area contributed by atoms with E-state index >= 15 is 0 Å².